The van der Waals surface area contributed by atoms with E-state index in [9.17, 15) is 19.2 Å². The van der Waals surface area contributed by atoms with Crippen molar-refractivity contribution in [3.05, 3.63) is 83.9 Å². The first-order valence-corrected chi connectivity index (χ1v) is 13.5. The standard InChI is InChI=1S/C31H38N4O4/c1-4-35(5-2)29(37)20-27(34-28(36)19-18-23-12-7-6-8-13-23)31(39)33-22(3)30(38)32-21-25-16-11-15-24-14-9-10-17-26(24)25/h6-17,22,27H,4-5,18-21H2,1-3H3,(H,32,38)(H,33,39)(H,34,36)/t22-,27-/m0/s1. The third kappa shape index (κ3) is 8.67. The molecule has 3 N–H and O–H groups in total. The average molecular weight is 531 g/mol. The van der Waals surface area contributed by atoms with Crippen LogP contribution in [0, 0.1) is 0 Å². The number of fused-ring (bicyclic) bond motifs is 1. The fourth-order valence-electron chi connectivity index (χ4n) is 4.42. The number of benzene rings is 3. The SMILES string of the molecule is CCN(CC)C(=O)C[C@H](NC(=O)CCc1ccccc1)C(=O)N[C@@H](C)C(=O)NCc1cccc2ccccc12. The highest BCUT2D eigenvalue weighted by Crippen LogP contribution is 2.18. The molecule has 0 saturated carbocycles. The van der Waals surface area contributed by atoms with Gasteiger partial charge in [0, 0.05) is 26.1 Å². The summed E-state index contributed by atoms with van der Waals surface area (Å²) in [6.45, 7) is 6.60. The predicted octanol–water partition coefficient (Wildman–Crippen LogP) is 3.34. The Kier molecular flexibility index (Phi) is 11.0. The van der Waals surface area contributed by atoms with Gasteiger partial charge in [0.15, 0.2) is 0 Å². The summed E-state index contributed by atoms with van der Waals surface area (Å²) >= 11 is 0. The van der Waals surface area contributed by atoms with E-state index in [1.165, 1.54) is 0 Å². The number of hydrogen-bond donors (Lipinski definition) is 3. The maximum Gasteiger partial charge on any atom is 0.243 e. The summed E-state index contributed by atoms with van der Waals surface area (Å²) in [5, 5.41) is 10.4. The second-order valence-electron chi connectivity index (χ2n) is 9.46. The Morgan fingerprint density at radius 1 is 0.795 bits per heavy atom. The van der Waals surface area contributed by atoms with Crippen molar-refractivity contribution in [1.29, 1.82) is 0 Å². The summed E-state index contributed by atoms with van der Waals surface area (Å²) in [6.07, 6.45) is 0.501. The van der Waals surface area contributed by atoms with Crippen molar-refractivity contribution in [2.24, 2.45) is 0 Å². The highest BCUT2D eigenvalue weighted by Gasteiger charge is 2.28. The normalized spacial score (nSPS) is 12.3. The average Bonchev–Trinajstić information content (AvgIpc) is 2.95. The van der Waals surface area contributed by atoms with Crippen LogP contribution in [0.15, 0.2) is 72.8 Å². The van der Waals surface area contributed by atoms with Gasteiger partial charge in [-0.15, -0.1) is 0 Å². The Balaban J connectivity index is 1.61. The van der Waals surface area contributed by atoms with Gasteiger partial charge in [0.05, 0.1) is 6.42 Å². The van der Waals surface area contributed by atoms with Crippen LogP contribution in [0.2, 0.25) is 0 Å². The number of rotatable bonds is 13. The maximum absolute atomic E-state index is 13.2. The van der Waals surface area contributed by atoms with Crippen molar-refractivity contribution in [1.82, 2.24) is 20.9 Å². The molecule has 4 amide bonds. The van der Waals surface area contributed by atoms with Crippen molar-refractivity contribution in [2.45, 2.75) is 58.7 Å². The van der Waals surface area contributed by atoms with Crippen LogP contribution in [0.5, 0.6) is 0 Å². The first-order chi connectivity index (χ1) is 18.8. The van der Waals surface area contributed by atoms with Crippen LogP contribution in [-0.4, -0.2) is 53.7 Å². The Hall–Kier alpha value is -4.20. The fraction of sp³-hybridized carbons (Fsp3) is 0.355. The van der Waals surface area contributed by atoms with E-state index in [4.69, 9.17) is 0 Å². The number of nitrogens with one attached hydrogen (secondary N) is 3. The van der Waals surface area contributed by atoms with Crippen molar-refractivity contribution in [3.63, 3.8) is 0 Å². The second kappa shape index (κ2) is 14.7. The molecule has 0 aromatic heterocycles. The molecular weight excluding hydrogens is 492 g/mol. The van der Waals surface area contributed by atoms with Crippen LogP contribution in [-0.2, 0) is 32.1 Å². The second-order valence-corrected chi connectivity index (χ2v) is 9.46. The molecule has 3 aromatic carbocycles. The van der Waals surface area contributed by atoms with E-state index in [0.29, 0.717) is 26.1 Å². The van der Waals surface area contributed by atoms with E-state index >= 15 is 0 Å². The Bertz CT molecular complexity index is 1270. The predicted molar refractivity (Wildman–Crippen MR) is 153 cm³/mol. The molecule has 8 nitrogen and oxygen atoms in total. The maximum atomic E-state index is 13.2. The number of hydrogen-bond acceptors (Lipinski definition) is 4. The van der Waals surface area contributed by atoms with Crippen molar-refractivity contribution >= 4 is 34.4 Å². The number of nitrogens with zero attached hydrogens (tertiary/aromatic N) is 1. The molecule has 0 aliphatic rings. The first-order valence-electron chi connectivity index (χ1n) is 13.5. The lowest BCUT2D eigenvalue weighted by Gasteiger charge is -2.24. The van der Waals surface area contributed by atoms with Gasteiger partial charge < -0.3 is 20.9 Å². The molecule has 3 aromatic rings. The summed E-state index contributed by atoms with van der Waals surface area (Å²) in [7, 11) is 0. The molecule has 0 spiro atoms. The van der Waals surface area contributed by atoms with E-state index in [1.54, 1.807) is 11.8 Å². The van der Waals surface area contributed by atoms with Crippen LogP contribution in [0.1, 0.15) is 44.7 Å². The number of amides is 4. The largest absolute Gasteiger partial charge is 0.350 e. The van der Waals surface area contributed by atoms with Crippen molar-refractivity contribution in [3.8, 4) is 0 Å². The quantitative estimate of drug-likeness (QED) is 0.315. The van der Waals surface area contributed by atoms with Gasteiger partial charge in [-0.1, -0.05) is 72.8 Å². The van der Waals surface area contributed by atoms with Gasteiger partial charge in [-0.2, -0.15) is 0 Å². The van der Waals surface area contributed by atoms with Gasteiger partial charge in [0.25, 0.3) is 0 Å². The minimum atomic E-state index is -1.09. The minimum Gasteiger partial charge on any atom is -0.350 e. The van der Waals surface area contributed by atoms with Gasteiger partial charge >= 0.3 is 0 Å². The molecule has 0 bridgehead atoms. The van der Waals surface area contributed by atoms with Crippen molar-refractivity contribution < 1.29 is 19.2 Å². The van der Waals surface area contributed by atoms with Crippen LogP contribution in [0.25, 0.3) is 10.8 Å². The van der Waals surface area contributed by atoms with E-state index in [2.05, 4.69) is 16.0 Å². The molecule has 3 rings (SSSR count). The first kappa shape index (κ1) is 29.4. The van der Waals surface area contributed by atoms with Gasteiger partial charge in [0.2, 0.25) is 23.6 Å². The van der Waals surface area contributed by atoms with E-state index < -0.39 is 18.0 Å². The number of carbonyl (C=O) groups is 4. The van der Waals surface area contributed by atoms with Crippen LogP contribution in [0.4, 0.5) is 0 Å². The Morgan fingerprint density at radius 2 is 1.46 bits per heavy atom. The molecule has 0 saturated heterocycles. The summed E-state index contributed by atoms with van der Waals surface area (Å²) in [4.78, 5) is 53.1. The molecule has 0 heterocycles. The molecule has 2 atom stereocenters. The third-order valence-electron chi connectivity index (χ3n) is 6.72. The molecule has 0 aliphatic carbocycles. The van der Waals surface area contributed by atoms with E-state index in [0.717, 1.165) is 21.9 Å². The monoisotopic (exact) mass is 530 g/mol. The molecule has 0 fully saturated rings. The van der Waals surface area contributed by atoms with E-state index in [-0.39, 0.29) is 30.6 Å². The lowest BCUT2D eigenvalue weighted by Crippen LogP contribution is -2.54. The van der Waals surface area contributed by atoms with Crippen molar-refractivity contribution in [2.75, 3.05) is 13.1 Å². The Labute approximate surface area is 230 Å². The zero-order chi connectivity index (χ0) is 28.2. The third-order valence-corrected chi connectivity index (χ3v) is 6.72. The lowest BCUT2D eigenvalue weighted by molar-refractivity contribution is -0.136. The zero-order valence-corrected chi connectivity index (χ0v) is 22.9. The summed E-state index contributed by atoms with van der Waals surface area (Å²) < 4.78 is 0. The molecule has 0 radical (unpaired) electrons. The van der Waals surface area contributed by atoms with Gasteiger partial charge in [-0.25, -0.2) is 0 Å². The highest BCUT2D eigenvalue weighted by molar-refractivity contribution is 5.95. The van der Waals surface area contributed by atoms with Gasteiger partial charge in [0.1, 0.15) is 12.1 Å². The van der Waals surface area contributed by atoms with Crippen LogP contribution < -0.4 is 16.0 Å². The highest BCUT2D eigenvalue weighted by atomic mass is 16.2. The topological polar surface area (TPSA) is 108 Å². The fourth-order valence-corrected chi connectivity index (χ4v) is 4.42. The van der Waals surface area contributed by atoms with Gasteiger partial charge in [-0.05, 0) is 49.1 Å². The smallest absolute Gasteiger partial charge is 0.243 e. The number of carbonyl (C=O) groups excluding carboxylic acids is 4. The van der Waals surface area contributed by atoms with E-state index in [1.807, 2.05) is 86.6 Å². The summed E-state index contributed by atoms with van der Waals surface area (Å²) in [6, 6.07) is 21.4. The molecule has 0 aliphatic heterocycles. The summed E-state index contributed by atoms with van der Waals surface area (Å²) in [5.41, 5.74) is 1.97. The molecule has 39 heavy (non-hydrogen) atoms. The number of aryl methyl sites for hydroxylation is 1. The molecule has 206 valence electrons. The molecule has 0 unspecified atom stereocenters. The van der Waals surface area contributed by atoms with Crippen LogP contribution in [0.3, 0.4) is 0 Å². The molecular formula is C31H38N4O4. The van der Waals surface area contributed by atoms with Crippen LogP contribution >= 0.6 is 0 Å². The van der Waals surface area contributed by atoms with Gasteiger partial charge in [-0.3, -0.25) is 19.2 Å². The minimum absolute atomic E-state index is 0.175. The Morgan fingerprint density at radius 3 is 2.18 bits per heavy atom. The molecule has 8 heteroatoms. The zero-order valence-electron chi connectivity index (χ0n) is 22.9. The summed E-state index contributed by atoms with van der Waals surface area (Å²) in [5.74, 6) is -1.51. The lowest BCUT2D eigenvalue weighted by atomic mass is 10.0.